The maximum Gasteiger partial charge on any atom is 0.121 e. The molecule has 0 amide bonds. The van der Waals surface area contributed by atoms with Crippen molar-refractivity contribution in [1.82, 2.24) is 0 Å². The molecule has 0 heterocycles. The molecule has 2 aromatic rings. The summed E-state index contributed by atoms with van der Waals surface area (Å²) in [7, 11) is 1.67. The van der Waals surface area contributed by atoms with Gasteiger partial charge in [0, 0.05) is 0 Å². The van der Waals surface area contributed by atoms with Crippen molar-refractivity contribution in [3.63, 3.8) is 0 Å². The molecule has 17 heavy (non-hydrogen) atoms. The number of hydrogen-bond acceptors (Lipinski definition) is 2. The number of rotatable bonds is 2. The van der Waals surface area contributed by atoms with Gasteiger partial charge in [0.05, 0.1) is 18.7 Å². The van der Waals surface area contributed by atoms with E-state index >= 15 is 0 Å². The maximum atomic E-state index is 8.74. The Balaban J connectivity index is 2.40. The largest absolute Gasteiger partial charge is 0.496 e. The lowest BCUT2D eigenvalue weighted by atomic mass is 10.0. The predicted molar refractivity (Wildman–Crippen MR) is 67.9 cm³/mol. The Labute approximate surface area is 101 Å². The minimum absolute atomic E-state index is 0.680. The molecule has 0 fully saturated rings. The Morgan fingerprint density at radius 1 is 1.00 bits per heavy atom. The normalized spacial score (nSPS) is 9.71. The van der Waals surface area contributed by atoms with Crippen molar-refractivity contribution in [2.24, 2.45) is 0 Å². The van der Waals surface area contributed by atoms with Crippen LogP contribution in [0.2, 0.25) is 0 Å². The van der Waals surface area contributed by atoms with Crippen molar-refractivity contribution in [1.29, 1.82) is 5.26 Å². The number of hydrogen-bond donors (Lipinski definition) is 0. The average molecular weight is 223 g/mol. The van der Waals surface area contributed by atoms with Gasteiger partial charge in [-0.25, -0.2) is 0 Å². The van der Waals surface area contributed by atoms with Crippen LogP contribution in [0.3, 0.4) is 0 Å². The monoisotopic (exact) mass is 223 g/mol. The molecule has 0 aliphatic carbocycles. The third-order valence-electron chi connectivity index (χ3n) is 2.74. The molecule has 0 bridgehead atoms. The van der Waals surface area contributed by atoms with Crippen molar-refractivity contribution in [3.05, 3.63) is 53.6 Å². The minimum atomic E-state index is 0.680. The summed E-state index contributed by atoms with van der Waals surface area (Å²) in [6, 6.07) is 15.8. The molecule has 0 aliphatic rings. The first kappa shape index (κ1) is 11.2. The lowest BCUT2D eigenvalue weighted by Gasteiger charge is -2.07. The molecule has 0 N–H and O–H groups in total. The van der Waals surface area contributed by atoms with E-state index in [4.69, 9.17) is 10.00 Å². The van der Waals surface area contributed by atoms with Gasteiger partial charge in [0.2, 0.25) is 0 Å². The van der Waals surface area contributed by atoms with Crippen LogP contribution in [0.4, 0.5) is 0 Å². The fraction of sp³-hybridized carbons (Fsp3) is 0.133. The highest BCUT2D eigenvalue weighted by Crippen LogP contribution is 2.26. The Morgan fingerprint density at radius 3 is 2.18 bits per heavy atom. The topological polar surface area (TPSA) is 33.0 Å². The number of benzene rings is 2. The summed E-state index contributed by atoms with van der Waals surface area (Å²) in [4.78, 5) is 0. The van der Waals surface area contributed by atoms with Gasteiger partial charge in [-0.1, -0.05) is 18.2 Å². The molecule has 84 valence electrons. The Morgan fingerprint density at radius 2 is 1.65 bits per heavy atom. The second kappa shape index (κ2) is 4.71. The highest BCUT2D eigenvalue weighted by molar-refractivity contribution is 5.66. The zero-order chi connectivity index (χ0) is 12.3. The minimum Gasteiger partial charge on any atom is -0.496 e. The predicted octanol–water partition coefficient (Wildman–Crippen LogP) is 3.54. The zero-order valence-electron chi connectivity index (χ0n) is 9.90. The first-order valence-corrected chi connectivity index (χ1v) is 5.40. The summed E-state index contributed by atoms with van der Waals surface area (Å²) < 4.78 is 5.23. The van der Waals surface area contributed by atoms with Crippen LogP contribution >= 0.6 is 0 Å². The first-order chi connectivity index (χ1) is 8.24. The summed E-state index contributed by atoms with van der Waals surface area (Å²) in [6.07, 6.45) is 0. The quantitative estimate of drug-likeness (QED) is 0.780. The van der Waals surface area contributed by atoms with E-state index in [9.17, 15) is 0 Å². The van der Waals surface area contributed by atoms with Gasteiger partial charge < -0.3 is 4.74 Å². The van der Waals surface area contributed by atoms with Gasteiger partial charge in [-0.05, 0) is 47.9 Å². The van der Waals surface area contributed by atoms with Crippen LogP contribution in [0, 0.1) is 18.3 Å². The van der Waals surface area contributed by atoms with E-state index in [-0.39, 0.29) is 0 Å². The molecule has 0 saturated heterocycles. The maximum absolute atomic E-state index is 8.74. The molecule has 0 atom stereocenters. The Kier molecular flexibility index (Phi) is 3.11. The highest BCUT2D eigenvalue weighted by Gasteiger charge is 2.02. The lowest BCUT2D eigenvalue weighted by molar-refractivity contribution is 0.412. The molecule has 0 radical (unpaired) electrons. The molecule has 2 aromatic carbocycles. The van der Waals surface area contributed by atoms with Gasteiger partial charge in [-0.15, -0.1) is 0 Å². The molecular weight excluding hydrogens is 210 g/mol. The summed E-state index contributed by atoms with van der Waals surface area (Å²) in [6.45, 7) is 2.02. The van der Waals surface area contributed by atoms with Crippen molar-refractivity contribution in [3.8, 4) is 22.9 Å². The molecule has 2 nitrogen and oxygen atoms in total. The van der Waals surface area contributed by atoms with E-state index in [0.717, 1.165) is 22.4 Å². The van der Waals surface area contributed by atoms with Gasteiger partial charge in [-0.3, -0.25) is 0 Å². The second-order valence-electron chi connectivity index (χ2n) is 3.87. The third kappa shape index (κ3) is 2.29. The number of nitrogens with zero attached hydrogens (tertiary/aromatic N) is 1. The Hall–Kier alpha value is -2.27. The van der Waals surface area contributed by atoms with Crippen molar-refractivity contribution >= 4 is 0 Å². The number of aryl methyl sites for hydroxylation is 1. The SMILES string of the molecule is COc1ccc(-c2ccc(C#N)cc2)cc1C. The lowest BCUT2D eigenvalue weighted by Crippen LogP contribution is -1.87. The van der Waals surface area contributed by atoms with Crippen molar-refractivity contribution in [2.75, 3.05) is 7.11 Å². The number of methoxy groups -OCH3 is 1. The molecule has 0 aromatic heterocycles. The number of nitriles is 1. The van der Waals surface area contributed by atoms with E-state index in [1.807, 2.05) is 43.3 Å². The van der Waals surface area contributed by atoms with Crippen LogP contribution in [-0.2, 0) is 0 Å². The first-order valence-electron chi connectivity index (χ1n) is 5.40. The van der Waals surface area contributed by atoms with Crippen LogP contribution < -0.4 is 4.74 Å². The second-order valence-corrected chi connectivity index (χ2v) is 3.87. The Bertz CT molecular complexity index is 564. The summed E-state index contributed by atoms with van der Waals surface area (Å²) >= 11 is 0. The summed E-state index contributed by atoms with van der Waals surface area (Å²) in [5, 5.41) is 8.74. The summed E-state index contributed by atoms with van der Waals surface area (Å²) in [5.41, 5.74) is 4.02. The third-order valence-corrected chi connectivity index (χ3v) is 2.74. The van der Waals surface area contributed by atoms with Crippen LogP contribution in [0.25, 0.3) is 11.1 Å². The van der Waals surface area contributed by atoms with Crippen molar-refractivity contribution < 1.29 is 4.74 Å². The molecular formula is C15H13NO. The highest BCUT2D eigenvalue weighted by atomic mass is 16.5. The van der Waals surface area contributed by atoms with Crippen LogP contribution in [-0.4, -0.2) is 7.11 Å². The fourth-order valence-corrected chi connectivity index (χ4v) is 1.80. The van der Waals surface area contributed by atoms with Crippen LogP contribution in [0.15, 0.2) is 42.5 Å². The molecule has 0 unspecified atom stereocenters. The molecule has 2 heteroatoms. The van der Waals surface area contributed by atoms with Gasteiger partial charge in [0.1, 0.15) is 5.75 Å². The van der Waals surface area contributed by atoms with E-state index < -0.39 is 0 Å². The van der Waals surface area contributed by atoms with Gasteiger partial charge >= 0.3 is 0 Å². The van der Waals surface area contributed by atoms with Crippen LogP contribution in [0.1, 0.15) is 11.1 Å². The molecule has 0 aliphatic heterocycles. The standard InChI is InChI=1S/C15H13NO/c1-11-9-14(7-8-15(11)17-2)13-5-3-12(10-16)4-6-13/h3-9H,1-2H3. The van der Waals surface area contributed by atoms with E-state index in [1.54, 1.807) is 7.11 Å². The molecule has 2 rings (SSSR count). The number of ether oxygens (including phenoxy) is 1. The average Bonchev–Trinajstić information content (AvgIpc) is 2.39. The zero-order valence-corrected chi connectivity index (χ0v) is 9.90. The van der Waals surface area contributed by atoms with Gasteiger partial charge in [-0.2, -0.15) is 5.26 Å². The smallest absolute Gasteiger partial charge is 0.121 e. The molecule has 0 saturated carbocycles. The van der Waals surface area contributed by atoms with Crippen LogP contribution in [0.5, 0.6) is 5.75 Å². The van der Waals surface area contributed by atoms with E-state index in [0.29, 0.717) is 5.56 Å². The van der Waals surface area contributed by atoms with Gasteiger partial charge in [0.15, 0.2) is 0 Å². The van der Waals surface area contributed by atoms with Crippen molar-refractivity contribution in [2.45, 2.75) is 6.92 Å². The summed E-state index contributed by atoms with van der Waals surface area (Å²) in [5.74, 6) is 0.891. The fourth-order valence-electron chi connectivity index (χ4n) is 1.80. The van der Waals surface area contributed by atoms with E-state index in [1.165, 1.54) is 0 Å². The van der Waals surface area contributed by atoms with Gasteiger partial charge in [0.25, 0.3) is 0 Å². The van der Waals surface area contributed by atoms with E-state index in [2.05, 4.69) is 12.1 Å². The molecule has 0 spiro atoms.